The largest absolute Gasteiger partial charge is 0.342 e. The van der Waals surface area contributed by atoms with Gasteiger partial charge >= 0.3 is 0 Å². The van der Waals surface area contributed by atoms with Crippen molar-refractivity contribution in [2.45, 2.75) is 39.3 Å². The molecule has 2 amide bonds. The molecule has 1 unspecified atom stereocenters. The molecule has 29 heavy (non-hydrogen) atoms. The van der Waals surface area contributed by atoms with Gasteiger partial charge in [0.05, 0.1) is 23.3 Å². The van der Waals surface area contributed by atoms with Crippen LogP contribution in [-0.2, 0) is 22.7 Å². The first-order chi connectivity index (χ1) is 14.1. The third kappa shape index (κ3) is 4.31. The molecule has 4 rings (SSSR count). The highest BCUT2D eigenvalue weighted by Crippen LogP contribution is 2.23. The molecule has 3 aromatic rings. The molecule has 0 aliphatic carbocycles. The molecule has 152 valence electrons. The fourth-order valence-electron chi connectivity index (χ4n) is 3.92. The number of imidazole rings is 2. The fourth-order valence-corrected chi connectivity index (χ4v) is 3.92. The summed E-state index contributed by atoms with van der Waals surface area (Å²) >= 11 is 0. The maximum atomic E-state index is 12.9. The third-order valence-electron chi connectivity index (χ3n) is 5.48. The van der Waals surface area contributed by atoms with Crippen molar-refractivity contribution in [3.05, 3.63) is 43.0 Å². The minimum Gasteiger partial charge on any atom is -0.342 e. The molecule has 3 heterocycles. The Morgan fingerprint density at radius 2 is 2.10 bits per heavy atom. The van der Waals surface area contributed by atoms with E-state index < -0.39 is 0 Å². The number of hydrogen-bond donors (Lipinski definition) is 1. The smallest absolute Gasteiger partial charge is 0.231 e. The number of aryl methyl sites for hydroxylation is 2. The van der Waals surface area contributed by atoms with Crippen molar-refractivity contribution in [1.29, 1.82) is 0 Å². The van der Waals surface area contributed by atoms with Crippen LogP contribution in [0, 0.1) is 5.92 Å². The maximum absolute atomic E-state index is 12.9. The summed E-state index contributed by atoms with van der Waals surface area (Å²) in [6.07, 6.45) is 8.04. The average Bonchev–Trinajstić information content (AvgIpc) is 3.36. The number of benzene rings is 1. The van der Waals surface area contributed by atoms with Crippen LogP contribution in [0.25, 0.3) is 11.0 Å². The van der Waals surface area contributed by atoms with Gasteiger partial charge in [-0.15, -0.1) is 0 Å². The Labute approximate surface area is 169 Å². The van der Waals surface area contributed by atoms with Gasteiger partial charge in [0.15, 0.2) is 0 Å². The summed E-state index contributed by atoms with van der Waals surface area (Å²) in [5.74, 6) is 0.324. The normalized spacial score (nSPS) is 16.9. The molecule has 8 nitrogen and oxygen atoms in total. The molecule has 0 bridgehead atoms. The number of nitrogens with one attached hydrogen (secondary N) is 1. The summed E-state index contributed by atoms with van der Waals surface area (Å²) in [5, 5.41) is 3.03. The Kier molecular flexibility index (Phi) is 5.59. The maximum Gasteiger partial charge on any atom is 0.231 e. The first-order valence-corrected chi connectivity index (χ1v) is 10.1. The quantitative estimate of drug-likeness (QED) is 0.696. The van der Waals surface area contributed by atoms with Gasteiger partial charge in [-0.1, -0.05) is 12.1 Å². The molecule has 0 saturated carbocycles. The fraction of sp³-hybridized carbons (Fsp3) is 0.429. The molecule has 1 atom stereocenters. The van der Waals surface area contributed by atoms with Crippen LogP contribution in [0.5, 0.6) is 0 Å². The van der Waals surface area contributed by atoms with Crippen LogP contribution >= 0.6 is 0 Å². The number of fused-ring (bicyclic) bond motifs is 1. The summed E-state index contributed by atoms with van der Waals surface area (Å²) in [6.45, 7) is 4.34. The molecular formula is C21H26N6O2. The molecule has 8 heteroatoms. The van der Waals surface area contributed by atoms with E-state index in [9.17, 15) is 9.59 Å². The molecule has 1 aliphatic rings. The van der Waals surface area contributed by atoms with E-state index in [4.69, 9.17) is 0 Å². The Balaban J connectivity index is 1.50. The molecule has 0 spiro atoms. The molecule has 2 aromatic heterocycles. The van der Waals surface area contributed by atoms with E-state index in [0.29, 0.717) is 12.5 Å². The van der Waals surface area contributed by atoms with Gasteiger partial charge in [-0.2, -0.15) is 0 Å². The van der Waals surface area contributed by atoms with Crippen molar-refractivity contribution in [1.82, 2.24) is 24.0 Å². The van der Waals surface area contributed by atoms with Gasteiger partial charge in [0.25, 0.3) is 0 Å². The molecular weight excluding hydrogens is 368 g/mol. The summed E-state index contributed by atoms with van der Waals surface area (Å²) < 4.78 is 4.10. The van der Waals surface area contributed by atoms with Crippen LogP contribution in [0.15, 0.2) is 43.0 Å². The molecule has 1 fully saturated rings. The minimum atomic E-state index is -0.202. The summed E-state index contributed by atoms with van der Waals surface area (Å²) in [4.78, 5) is 35.1. The zero-order chi connectivity index (χ0) is 20.2. The van der Waals surface area contributed by atoms with Gasteiger partial charge in [0.1, 0.15) is 0 Å². The lowest BCUT2D eigenvalue weighted by Crippen LogP contribution is -2.43. The van der Waals surface area contributed by atoms with E-state index >= 15 is 0 Å². The van der Waals surface area contributed by atoms with Crippen LogP contribution in [0.3, 0.4) is 0 Å². The second kappa shape index (κ2) is 8.46. The van der Waals surface area contributed by atoms with Crippen LogP contribution in [0.4, 0.5) is 5.95 Å². The monoisotopic (exact) mass is 394 g/mol. The molecule has 1 N–H and O–H groups in total. The Morgan fingerprint density at radius 1 is 1.24 bits per heavy atom. The summed E-state index contributed by atoms with van der Waals surface area (Å²) in [7, 11) is 0. The van der Waals surface area contributed by atoms with Crippen LogP contribution in [0.1, 0.15) is 26.2 Å². The number of piperidine rings is 1. The Hall–Kier alpha value is -3.16. The van der Waals surface area contributed by atoms with E-state index in [1.54, 1.807) is 24.3 Å². The van der Waals surface area contributed by atoms with Crippen molar-refractivity contribution in [2.24, 2.45) is 5.92 Å². The van der Waals surface area contributed by atoms with Gasteiger partial charge in [-0.05, 0) is 31.4 Å². The summed E-state index contributed by atoms with van der Waals surface area (Å²) in [5.41, 5.74) is 1.86. The number of aromatic nitrogens is 4. The van der Waals surface area contributed by atoms with Crippen LogP contribution < -0.4 is 5.32 Å². The molecule has 1 saturated heterocycles. The highest BCUT2D eigenvalue weighted by Gasteiger charge is 2.28. The number of carbonyl (C=O) groups is 2. The predicted octanol–water partition coefficient (Wildman–Crippen LogP) is 2.52. The number of carbonyl (C=O) groups excluding carboxylic acids is 2. The zero-order valence-electron chi connectivity index (χ0n) is 16.6. The topological polar surface area (TPSA) is 85.0 Å². The second-order valence-corrected chi connectivity index (χ2v) is 7.52. The lowest BCUT2D eigenvalue weighted by atomic mass is 9.97. The van der Waals surface area contributed by atoms with Crippen molar-refractivity contribution < 1.29 is 9.59 Å². The van der Waals surface area contributed by atoms with Gasteiger partial charge in [-0.3, -0.25) is 14.9 Å². The van der Waals surface area contributed by atoms with Gasteiger partial charge in [0, 0.05) is 45.5 Å². The number of rotatable bonds is 6. The van der Waals surface area contributed by atoms with E-state index in [0.717, 1.165) is 49.9 Å². The number of nitrogens with zero attached hydrogens (tertiary/aromatic N) is 5. The van der Waals surface area contributed by atoms with Crippen molar-refractivity contribution >= 4 is 28.8 Å². The minimum absolute atomic E-state index is 0.0224. The van der Waals surface area contributed by atoms with E-state index in [2.05, 4.69) is 19.9 Å². The molecule has 0 radical (unpaired) electrons. The second-order valence-electron chi connectivity index (χ2n) is 7.52. The van der Waals surface area contributed by atoms with Gasteiger partial charge < -0.3 is 14.0 Å². The number of anilines is 1. The number of likely N-dealkylation sites (tertiary alicyclic amines) is 1. The summed E-state index contributed by atoms with van der Waals surface area (Å²) in [6, 6.07) is 7.90. The first kappa shape index (κ1) is 19.2. The molecule has 1 aliphatic heterocycles. The third-order valence-corrected chi connectivity index (χ3v) is 5.48. The standard InChI is InChI=1S/C21H26N6O2/c1-16(28)26-11-4-6-17(14-26)20(29)24-21-23-18-7-2-3-8-19(18)27(21)12-5-10-25-13-9-22-15-25/h2-3,7-9,13,15,17H,4-6,10-12,14H2,1H3,(H,23,24,29). The lowest BCUT2D eigenvalue weighted by Gasteiger charge is -2.31. The predicted molar refractivity (Wildman–Crippen MR) is 110 cm³/mol. The number of hydrogen-bond acceptors (Lipinski definition) is 4. The van der Waals surface area contributed by atoms with Crippen molar-refractivity contribution in [3.8, 4) is 0 Å². The van der Waals surface area contributed by atoms with Crippen LogP contribution in [-0.4, -0.2) is 48.9 Å². The highest BCUT2D eigenvalue weighted by molar-refractivity contribution is 5.93. The number of amides is 2. The van der Waals surface area contributed by atoms with Crippen molar-refractivity contribution in [2.75, 3.05) is 18.4 Å². The SMILES string of the molecule is CC(=O)N1CCCC(C(=O)Nc2nc3ccccc3n2CCCn2ccnc2)C1. The number of para-hydroxylation sites is 2. The van der Waals surface area contributed by atoms with Gasteiger partial charge in [0.2, 0.25) is 17.8 Å². The first-order valence-electron chi connectivity index (χ1n) is 10.1. The van der Waals surface area contributed by atoms with Crippen LogP contribution in [0.2, 0.25) is 0 Å². The zero-order valence-corrected chi connectivity index (χ0v) is 16.6. The lowest BCUT2D eigenvalue weighted by molar-refractivity contribution is -0.132. The van der Waals surface area contributed by atoms with Crippen molar-refractivity contribution in [3.63, 3.8) is 0 Å². The Morgan fingerprint density at radius 3 is 2.90 bits per heavy atom. The van der Waals surface area contributed by atoms with E-state index in [1.807, 2.05) is 35.0 Å². The van der Waals surface area contributed by atoms with E-state index in [-0.39, 0.29) is 17.7 Å². The van der Waals surface area contributed by atoms with E-state index in [1.165, 1.54) is 0 Å². The highest BCUT2D eigenvalue weighted by atomic mass is 16.2. The average molecular weight is 394 g/mol. The molecule has 1 aromatic carbocycles. The van der Waals surface area contributed by atoms with Gasteiger partial charge in [-0.25, -0.2) is 9.97 Å². The Bertz CT molecular complexity index is 994.